The van der Waals surface area contributed by atoms with Gasteiger partial charge in [-0.15, -0.1) is 0 Å². The Kier molecular flexibility index (Phi) is 7.11. The minimum atomic E-state index is -3.94. The van der Waals surface area contributed by atoms with Crippen molar-refractivity contribution in [3.63, 3.8) is 0 Å². The molecular weight excluding hydrogens is 395 g/mol. The van der Waals surface area contributed by atoms with Crippen LogP contribution in [0, 0.1) is 5.92 Å². The highest BCUT2D eigenvalue weighted by Gasteiger charge is 2.43. The molecule has 2 bridgehead atoms. The van der Waals surface area contributed by atoms with Crippen molar-refractivity contribution in [3.8, 4) is 5.75 Å². The zero-order chi connectivity index (χ0) is 21.0. The molecule has 3 atom stereocenters. The van der Waals surface area contributed by atoms with Crippen LogP contribution in [0.15, 0.2) is 30.3 Å². The van der Waals surface area contributed by atoms with Crippen molar-refractivity contribution in [2.24, 2.45) is 5.92 Å². The van der Waals surface area contributed by atoms with Gasteiger partial charge >= 0.3 is 13.7 Å². The number of Topliss-reactive ketones (excluding diaryl/α,β-unsaturated/α-hetero) is 1. The molecule has 1 unspecified atom stereocenters. The number of ketones is 1. The van der Waals surface area contributed by atoms with Crippen molar-refractivity contribution in [1.82, 2.24) is 9.99 Å². The van der Waals surface area contributed by atoms with E-state index in [1.165, 1.54) is 6.92 Å². The van der Waals surface area contributed by atoms with Crippen LogP contribution in [0.1, 0.15) is 33.6 Å². The molecule has 160 valence electrons. The van der Waals surface area contributed by atoms with Crippen molar-refractivity contribution in [2.75, 3.05) is 19.7 Å². The molecule has 0 radical (unpaired) electrons. The second-order valence-electron chi connectivity index (χ2n) is 7.76. The quantitative estimate of drug-likeness (QED) is 0.478. The summed E-state index contributed by atoms with van der Waals surface area (Å²) in [7, 11) is -3.94. The number of carbonyl (C=O) groups is 2. The van der Waals surface area contributed by atoms with Crippen LogP contribution in [0.4, 0.5) is 0 Å². The molecule has 1 N–H and O–H groups in total. The van der Waals surface area contributed by atoms with E-state index in [4.69, 9.17) is 13.8 Å². The Bertz CT molecular complexity index is 763. The van der Waals surface area contributed by atoms with Gasteiger partial charge in [0, 0.05) is 5.92 Å². The third-order valence-electron chi connectivity index (χ3n) is 5.13. The van der Waals surface area contributed by atoms with E-state index in [1.54, 1.807) is 44.2 Å². The van der Waals surface area contributed by atoms with E-state index < -0.39 is 25.8 Å². The molecule has 0 aliphatic carbocycles. The highest BCUT2D eigenvalue weighted by molar-refractivity contribution is 7.52. The number of rotatable bonds is 9. The van der Waals surface area contributed by atoms with E-state index in [9.17, 15) is 14.2 Å². The molecule has 29 heavy (non-hydrogen) atoms. The van der Waals surface area contributed by atoms with Crippen LogP contribution in [0.5, 0.6) is 5.75 Å². The molecule has 8 nitrogen and oxygen atoms in total. The van der Waals surface area contributed by atoms with E-state index >= 15 is 0 Å². The van der Waals surface area contributed by atoms with E-state index in [-0.39, 0.29) is 24.4 Å². The number of esters is 1. The number of nitrogens with one attached hydrogen (secondary N) is 1. The average molecular weight is 424 g/mol. The number of ether oxygens (including phenoxy) is 1. The minimum Gasteiger partial charge on any atom is -0.462 e. The number of hydrogen-bond acceptors (Lipinski definition) is 7. The van der Waals surface area contributed by atoms with Gasteiger partial charge in [0.05, 0.1) is 18.8 Å². The van der Waals surface area contributed by atoms with Crippen molar-refractivity contribution >= 4 is 19.5 Å². The highest BCUT2D eigenvalue weighted by Crippen LogP contribution is 2.45. The predicted octanol–water partition coefficient (Wildman–Crippen LogP) is 2.78. The van der Waals surface area contributed by atoms with Crippen LogP contribution in [0.3, 0.4) is 0 Å². The van der Waals surface area contributed by atoms with Gasteiger partial charge in [-0.05, 0) is 58.8 Å². The summed E-state index contributed by atoms with van der Waals surface area (Å²) in [5.74, 6) is -0.0430. The number of hydrogen-bond donors (Lipinski definition) is 1. The molecule has 3 aliphatic heterocycles. The fraction of sp³-hybridized carbons (Fsp3) is 0.600. The first-order chi connectivity index (χ1) is 13.8. The molecule has 3 heterocycles. The zero-order valence-electron chi connectivity index (χ0n) is 17.1. The lowest BCUT2D eigenvalue weighted by molar-refractivity contribution is -0.149. The maximum atomic E-state index is 13.4. The minimum absolute atomic E-state index is 0.0518. The Morgan fingerprint density at radius 1 is 1.21 bits per heavy atom. The highest BCUT2D eigenvalue weighted by atomic mass is 31.2. The number of piperidine rings is 3. The van der Waals surface area contributed by atoms with E-state index in [2.05, 4.69) is 9.99 Å². The second kappa shape index (κ2) is 9.39. The second-order valence-corrected chi connectivity index (χ2v) is 9.46. The van der Waals surface area contributed by atoms with E-state index in [0.717, 1.165) is 25.9 Å². The molecule has 0 spiro atoms. The number of carbonyl (C=O) groups excluding carboxylic acids is 2. The van der Waals surface area contributed by atoms with Crippen LogP contribution in [0.2, 0.25) is 0 Å². The van der Waals surface area contributed by atoms with Crippen LogP contribution >= 0.6 is 7.75 Å². The molecule has 1 aromatic rings. The molecule has 0 aromatic heterocycles. The summed E-state index contributed by atoms with van der Waals surface area (Å²) in [5.41, 5.74) is 0. The van der Waals surface area contributed by atoms with Gasteiger partial charge in [0.25, 0.3) is 0 Å². The predicted molar refractivity (Wildman–Crippen MR) is 108 cm³/mol. The van der Waals surface area contributed by atoms with Gasteiger partial charge in [0.1, 0.15) is 11.8 Å². The van der Waals surface area contributed by atoms with Crippen LogP contribution < -0.4 is 9.61 Å². The van der Waals surface area contributed by atoms with Crippen molar-refractivity contribution in [3.05, 3.63) is 30.3 Å². The molecule has 3 fully saturated rings. The lowest BCUT2D eigenvalue weighted by Crippen LogP contribution is -2.57. The maximum absolute atomic E-state index is 13.4. The van der Waals surface area contributed by atoms with Crippen molar-refractivity contribution in [2.45, 2.75) is 51.8 Å². The third kappa shape index (κ3) is 5.66. The van der Waals surface area contributed by atoms with Crippen molar-refractivity contribution < 1.29 is 27.9 Å². The summed E-state index contributed by atoms with van der Waals surface area (Å²) in [5, 5.41) is 2.65. The number of para-hydroxylation sites is 1. The molecule has 9 heteroatoms. The first kappa shape index (κ1) is 22.0. The van der Waals surface area contributed by atoms with Crippen LogP contribution in [-0.2, 0) is 23.4 Å². The van der Waals surface area contributed by atoms with Crippen molar-refractivity contribution in [1.29, 1.82) is 0 Å². The Morgan fingerprint density at radius 3 is 2.45 bits per heavy atom. The van der Waals surface area contributed by atoms with Gasteiger partial charge in [-0.2, -0.15) is 5.09 Å². The average Bonchev–Trinajstić information content (AvgIpc) is 2.68. The smallest absolute Gasteiger partial charge is 0.459 e. The summed E-state index contributed by atoms with van der Waals surface area (Å²) < 4.78 is 29.9. The van der Waals surface area contributed by atoms with Gasteiger partial charge in [0.15, 0.2) is 5.78 Å². The molecular formula is C20H29N2O6P. The van der Waals surface area contributed by atoms with Gasteiger partial charge < -0.3 is 9.26 Å². The van der Waals surface area contributed by atoms with Gasteiger partial charge in [-0.3, -0.25) is 19.0 Å². The summed E-state index contributed by atoms with van der Waals surface area (Å²) in [6.45, 7) is 6.61. The zero-order valence-corrected chi connectivity index (χ0v) is 18.0. The van der Waals surface area contributed by atoms with Gasteiger partial charge in [-0.25, -0.2) is 4.57 Å². The Morgan fingerprint density at radius 2 is 1.86 bits per heavy atom. The van der Waals surface area contributed by atoms with Crippen LogP contribution in [-0.4, -0.2) is 54.5 Å². The first-order valence-corrected chi connectivity index (χ1v) is 11.6. The normalized spacial score (nSPS) is 26.8. The van der Waals surface area contributed by atoms with Gasteiger partial charge in [-0.1, -0.05) is 18.2 Å². The fourth-order valence-corrected chi connectivity index (χ4v) is 5.13. The standard InChI is InChI=1S/C20H29N2O6P/c1-14(2)27-20(24)15(3)21-29(25,28-17-7-5-4-6-8-17)26-13-18-19(23)16-9-11-22(18)12-10-16/h4-8,14-16,18H,9-13H2,1-3H3,(H,21,25)/t15-,18+,29?/m0/s1. The summed E-state index contributed by atoms with van der Waals surface area (Å²) in [6.07, 6.45) is 1.43. The molecule has 3 saturated heterocycles. The number of benzene rings is 1. The number of fused-ring (bicyclic) bond motifs is 3. The lowest BCUT2D eigenvalue weighted by atomic mass is 9.82. The Hall–Kier alpha value is -1.73. The van der Waals surface area contributed by atoms with Gasteiger partial charge in [0.2, 0.25) is 0 Å². The summed E-state index contributed by atoms with van der Waals surface area (Å²) >= 11 is 0. The fourth-order valence-electron chi connectivity index (χ4n) is 3.64. The monoisotopic (exact) mass is 424 g/mol. The molecule has 0 amide bonds. The Labute approximate surface area is 171 Å². The summed E-state index contributed by atoms with van der Waals surface area (Å²) in [4.78, 5) is 26.8. The largest absolute Gasteiger partial charge is 0.462 e. The van der Waals surface area contributed by atoms with E-state index in [1.807, 2.05) is 0 Å². The molecule has 4 rings (SSSR count). The third-order valence-corrected chi connectivity index (χ3v) is 6.77. The first-order valence-electron chi connectivity index (χ1n) is 10.0. The molecule has 3 aliphatic rings. The summed E-state index contributed by atoms with van der Waals surface area (Å²) in [6, 6.07) is 7.23. The topological polar surface area (TPSA) is 94.2 Å². The van der Waals surface area contributed by atoms with Crippen LogP contribution in [0.25, 0.3) is 0 Å². The maximum Gasteiger partial charge on any atom is 0.459 e. The number of nitrogens with zero attached hydrogens (tertiary/aromatic N) is 1. The molecule has 0 saturated carbocycles. The Balaban J connectivity index is 1.71. The lowest BCUT2D eigenvalue weighted by Gasteiger charge is -2.43. The molecule has 1 aromatic carbocycles. The SMILES string of the molecule is CC(C)OC(=O)[C@H](C)NP(=O)(OC[C@@H]1C(=O)C2CCN1CC2)Oc1ccccc1. The van der Waals surface area contributed by atoms with E-state index in [0.29, 0.717) is 5.75 Å².